The smallest absolute Gasteiger partial charge is 0.141 e. The zero-order valence-electron chi connectivity index (χ0n) is 11.9. The third-order valence-electron chi connectivity index (χ3n) is 3.59. The molecule has 0 bridgehead atoms. The summed E-state index contributed by atoms with van der Waals surface area (Å²) in [6.07, 6.45) is 0. The molecule has 3 aromatic rings. The van der Waals surface area contributed by atoms with Gasteiger partial charge in [-0.3, -0.25) is 0 Å². The summed E-state index contributed by atoms with van der Waals surface area (Å²) < 4.78 is 13.1. The first kappa shape index (κ1) is 14.4. The number of hydrogen-bond donors (Lipinski definition) is 0. The van der Waals surface area contributed by atoms with Crippen molar-refractivity contribution >= 4 is 33.2 Å². The molecule has 0 amide bonds. The zero-order valence-corrected chi connectivity index (χ0v) is 13.5. The highest BCUT2D eigenvalue weighted by Gasteiger charge is 2.28. The second kappa shape index (κ2) is 5.04. The first-order valence-corrected chi connectivity index (χ1v) is 7.77. The fraction of sp³-hybridized carbons (Fsp3) is 0.250. The van der Waals surface area contributed by atoms with E-state index in [1.54, 1.807) is 23.5 Å². The predicted molar refractivity (Wildman–Crippen MR) is 85.7 cm³/mol. The number of halogens is 2. The number of benzene rings is 1. The quantitative estimate of drug-likeness (QED) is 0.613. The van der Waals surface area contributed by atoms with Crippen LogP contribution in [0, 0.1) is 12.7 Å². The Morgan fingerprint density at radius 3 is 2.48 bits per heavy atom. The van der Waals surface area contributed by atoms with E-state index in [4.69, 9.17) is 11.6 Å². The number of rotatable bonds is 2. The lowest BCUT2D eigenvalue weighted by atomic mass is 9.84. The van der Waals surface area contributed by atoms with Gasteiger partial charge in [0.2, 0.25) is 0 Å². The highest BCUT2D eigenvalue weighted by molar-refractivity contribution is 7.18. The zero-order chi connectivity index (χ0) is 15.2. The molecule has 0 aliphatic carbocycles. The summed E-state index contributed by atoms with van der Waals surface area (Å²) in [7, 11) is 0. The van der Waals surface area contributed by atoms with Crippen molar-refractivity contribution in [1.82, 2.24) is 9.97 Å². The molecule has 0 aliphatic heterocycles. The van der Waals surface area contributed by atoms with Crippen LogP contribution in [0.1, 0.15) is 30.1 Å². The minimum absolute atomic E-state index is 0.252. The van der Waals surface area contributed by atoms with Gasteiger partial charge in [0.25, 0.3) is 0 Å². The summed E-state index contributed by atoms with van der Waals surface area (Å²) in [5.74, 6) is 0.395. The SMILES string of the molecule is Cc1cc2c(Cl)nc(C(C)(C)c3ccc(F)cc3)nc2s1. The third-order valence-corrected chi connectivity index (χ3v) is 4.83. The summed E-state index contributed by atoms with van der Waals surface area (Å²) in [5, 5.41) is 1.35. The van der Waals surface area contributed by atoms with E-state index in [1.165, 1.54) is 12.1 Å². The van der Waals surface area contributed by atoms with E-state index in [-0.39, 0.29) is 5.82 Å². The van der Waals surface area contributed by atoms with Gasteiger partial charge in [0, 0.05) is 15.7 Å². The molecule has 2 aromatic heterocycles. The van der Waals surface area contributed by atoms with Gasteiger partial charge in [-0.1, -0.05) is 23.7 Å². The molecule has 0 fully saturated rings. The molecule has 2 nitrogen and oxygen atoms in total. The molecule has 0 saturated carbocycles. The Morgan fingerprint density at radius 1 is 1.14 bits per heavy atom. The maximum atomic E-state index is 13.1. The van der Waals surface area contributed by atoms with Crippen LogP contribution < -0.4 is 0 Å². The Balaban J connectivity index is 2.15. The number of thiophene rings is 1. The van der Waals surface area contributed by atoms with E-state index in [0.717, 1.165) is 20.7 Å². The van der Waals surface area contributed by atoms with Gasteiger partial charge in [-0.15, -0.1) is 11.3 Å². The van der Waals surface area contributed by atoms with Gasteiger partial charge in [0.1, 0.15) is 21.6 Å². The fourth-order valence-electron chi connectivity index (χ4n) is 2.28. The normalized spacial score (nSPS) is 12.0. The maximum absolute atomic E-state index is 13.1. The van der Waals surface area contributed by atoms with Crippen molar-refractivity contribution in [1.29, 1.82) is 0 Å². The van der Waals surface area contributed by atoms with Crippen LogP contribution in [0.5, 0.6) is 0 Å². The van der Waals surface area contributed by atoms with E-state index >= 15 is 0 Å². The number of fused-ring (bicyclic) bond motifs is 1. The van der Waals surface area contributed by atoms with Crippen molar-refractivity contribution in [2.75, 3.05) is 0 Å². The van der Waals surface area contributed by atoms with Crippen molar-refractivity contribution in [3.63, 3.8) is 0 Å². The van der Waals surface area contributed by atoms with Crippen molar-refractivity contribution in [3.05, 3.63) is 57.6 Å². The van der Waals surface area contributed by atoms with Crippen LogP contribution in [0.4, 0.5) is 4.39 Å². The fourth-order valence-corrected chi connectivity index (χ4v) is 3.44. The molecule has 0 atom stereocenters. The second-order valence-corrected chi connectivity index (χ2v) is 7.14. The van der Waals surface area contributed by atoms with Gasteiger partial charge in [0.15, 0.2) is 0 Å². The molecule has 108 valence electrons. The molecule has 0 radical (unpaired) electrons. The van der Waals surface area contributed by atoms with Crippen LogP contribution in [-0.2, 0) is 5.41 Å². The average Bonchev–Trinajstić information content (AvgIpc) is 2.80. The summed E-state index contributed by atoms with van der Waals surface area (Å²) in [4.78, 5) is 11.1. The van der Waals surface area contributed by atoms with Crippen molar-refractivity contribution in [2.24, 2.45) is 0 Å². The molecule has 0 aliphatic rings. The summed E-state index contributed by atoms with van der Waals surface area (Å²) in [5.41, 5.74) is 0.510. The molecule has 0 saturated heterocycles. The van der Waals surface area contributed by atoms with E-state index in [9.17, 15) is 4.39 Å². The Morgan fingerprint density at radius 2 is 1.81 bits per heavy atom. The monoisotopic (exact) mass is 320 g/mol. The highest BCUT2D eigenvalue weighted by atomic mass is 35.5. The maximum Gasteiger partial charge on any atom is 0.141 e. The van der Waals surface area contributed by atoms with E-state index < -0.39 is 5.41 Å². The Bertz CT molecular complexity index is 809. The van der Waals surface area contributed by atoms with Crippen LogP contribution in [0.15, 0.2) is 30.3 Å². The Labute approximate surface area is 131 Å². The first-order chi connectivity index (χ1) is 9.88. The molecule has 0 spiro atoms. The molecule has 5 heteroatoms. The molecule has 1 aromatic carbocycles. The third kappa shape index (κ3) is 2.54. The predicted octanol–water partition coefficient (Wildman–Crippen LogP) is 5.12. The highest BCUT2D eigenvalue weighted by Crippen LogP contribution is 2.34. The lowest BCUT2D eigenvalue weighted by molar-refractivity contribution is 0.586. The summed E-state index contributed by atoms with van der Waals surface area (Å²) in [6.45, 7) is 6.05. The summed E-state index contributed by atoms with van der Waals surface area (Å²) in [6, 6.07) is 8.42. The van der Waals surface area contributed by atoms with E-state index in [2.05, 4.69) is 9.97 Å². The molecule has 21 heavy (non-hydrogen) atoms. The number of aryl methyl sites for hydroxylation is 1. The average molecular weight is 321 g/mol. The van der Waals surface area contributed by atoms with Crippen molar-refractivity contribution < 1.29 is 4.39 Å². The Hall–Kier alpha value is -1.52. The van der Waals surface area contributed by atoms with Crippen LogP contribution >= 0.6 is 22.9 Å². The number of hydrogen-bond acceptors (Lipinski definition) is 3. The standard InChI is InChI=1S/C16H14ClFN2S/c1-9-8-12-13(17)19-15(20-14(12)21-9)16(2,3)10-4-6-11(18)7-5-10/h4-8H,1-3H3. The molecular formula is C16H14ClFN2S. The number of aromatic nitrogens is 2. The minimum atomic E-state index is -0.441. The topological polar surface area (TPSA) is 25.8 Å². The van der Waals surface area contributed by atoms with E-state index in [1.807, 2.05) is 26.8 Å². The van der Waals surface area contributed by atoms with Crippen LogP contribution in [0.25, 0.3) is 10.2 Å². The van der Waals surface area contributed by atoms with Crippen LogP contribution in [-0.4, -0.2) is 9.97 Å². The number of nitrogens with zero attached hydrogens (tertiary/aromatic N) is 2. The first-order valence-electron chi connectivity index (χ1n) is 6.58. The van der Waals surface area contributed by atoms with Gasteiger partial charge in [-0.25, -0.2) is 14.4 Å². The lowest BCUT2D eigenvalue weighted by Gasteiger charge is -2.23. The van der Waals surface area contributed by atoms with Crippen molar-refractivity contribution in [2.45, 2.75) is 26.2 Å². The lowest BCUT2D eigenvalue weighted by Crippen LogP contribution is -2.22. The molecule has 0 unspecified atom stereocenters. The van der Waals surface area contributed by atoms with E-state index in [0.29, 0.717) is 11.0 Å². The molecule has 0 N–H and O–H groups in total. The van der Waals surface area contributed by atoms with Gasteiger partial charge in [0.05, 0.1) is 0 Å². The van der Waals surface area contributed by atoms with Crippen LogP contribution in [0.2, 0.25) is 5.15 Å². The Kier molecular flexibility index (Phi) is 3.46. The van der Waals surface area contributed by atoms with Crippen molar-refractivity contribution in [3.8, 4) is 0 Å². The minimum Gasteiger partial charge on any atom is -0.221 e. The molecular weight excluding hydrogens is 307 g/mol. The largest absolute Gasteiger partial charge is 0.221 e. The molecule has 2 heterocycles. The van der Waals surface area contributed by atoms with Gasteiger partial charge in [-0.05, 0) is 44.5 Å². The van der Waals surface area contributed by atoms with Gasteiger partial charge >= 0.3 is 0 Å². The molecule has 3 rings (SSSR count). The van der Waals surface area contributed by atoms with Gasteiger partial charge < -0.3 is 0 Å². The van der Waals surface area contributed by atoms with Gasteiger partial charge in [-0.2, -0.15) is 0 Å². The second-order valence-electron chi connectivity index (χ2n) is 5.55. The van der Waals surface area contributed by atoms with Crippen LogP contribution in [0.3, 0.4) is 0 Å². The summed E-state index contributed by atoms with van der Waals surface area (Å²) >= 11 is 7.89.